The largest absolute Gasteiger partial charge is 0.485 e. The first-order valence-corrected chi connectivity index (χ1v) is 8.57. The van der Waals surface area contributed by atoms with Gasteiger partial charge in [-0.2, -0.15) is 0 Å². The fourth-order valence-corrected chi connectivity index (χ4v) is 3.62. The highest BCUT2D eigenvalue weighted by Gasteiger charge is 2.44. The number of nitrogens with zero attached hydrogens (tertiary/aromatic N) is 1. The Balaban J connectivity index is 2.16. The minimum Gasteiger partial charge on any atom is -0.485 e. The molecule has 4 nitrogen and oxygen atoms in total. The van der Waals surface area contributed by atoms with Crippen molar-refractivity contribution in [2.75, 3.05) is 0 Å². The van der Waals surface area contributed by atoms with Gasteiger partial charge in [-0.15, -0.1) is 0 Å². The number of rotatable bonds is 4. The highest BCUT2D eigenvalue weighted by Crippen LogP contribution is 2.49. The molecule has 2 atom stereocenters. The molecule has 1 heterocycles. The molecule has 0 amide bonds. The van der Waals surface area contributed by atoms with Crippen LogP contribution in [0.1, 0.15) is 30.1 Å². The Labute approximate surface area is 153 Å². The van der Waals surface area contributed by atoms with Crippen molar-refractivity contribution in [2.24, 2.45) is 4.99 Å². The Hall–Kier alpha value is -2.01. The van der Waals surface area contributed by atoms with Crippen LogP contribution in [0, 0.1) is 0 Å². The number of hydrogen-bond acceptors (Lipinski definition) is 4. The third-order valence-electron chi connectivity index (χ3n) is 4.11. The highest BCUT2D eigenvalue weighted by atomic mass is 79.9. The molecule has 0 spiro atoms. The van der Waals surface area contributed by atoms with E-state index in [0.29, 0.717) is 17.7 Å². The van der Waals surface area contributed by atoms with Crippen LogP contribution in [-0.2, 0) is 10.3 Å². The third kappa shape index (κ3) is 3.26. The lowest BCUT2D eigenvalue weighted by atomic mass is 9.78. The number of fused-ring (bicyclic) bond motifs is 1. The van der Waals surface area contributed by atoms with Gasteiger partial charge in [0.05, 0.1) is 11.6 Å². The van der Waals surface area contributed by atoms with Crippen LogP contribution in [0.25, 0.3) is 0 Å². The summed E-state index contributed by atoms with van der Waals surface area (Å²) in [5.74, 6) is -0.322. The summed E-state index contributed by atoms with van der Waals surface area (Å²) in [6.07, 6.45) is -0.0882. The smallest absolute Gasteiger partial charge is 0.306 e. The molecule has 0 aliphatic carbocycles. The summed E-state index contributed by atoms with van der Waals surface area (Å²) in [6.45, 7) is 0. The molecule has 24 heavy (non-hydrogen) atoms. The lowest BCUT2D eigenvalue weighted by Gasteiger charge is -2.38. The molecule has 1 N–H and O–H groups in total. The van der Waals surface area contributed by atoms with Gasteiger partial charge in [-0.25, -0.2) is 4.99 Å². The molecule has 6 heteroatoms. The zero-order valence-electron chi connectivity index (χ0n) is 12.6. The van der Waals surface area contributed by atoms with Crippen LogP contribution in [0.5, 0.6) is 5.75 Å². The molecule has 2 unspecified atom stereocenters. The van der Waals surface area contributed by atoms with Crippen molar-refractivity contribution in [3.63, 3.8) is 0 Å². The van der Waals surface area contributed by atoms with E-state index in [0.717, 1.165) is 10.0 Å². The summed E-state index contributed by atoms with van der Waals surface area (Å²) < 4.78 is 6.95. The van der Waals surface area contributed by atoms with Gasteiger partial charge in [0.15, 0.2) is 0 Å². The highest BCUT2D eigenvalue weighted by molar-refractivity contribution is 9.10. The number of carboxylic acids is 1. The van der Waals surface area contributed by atoms with Gasteiger partial charge < -0.3 is 9.84 Å². The maximum atomic E-state index is 11.5. The monoisotopic (exact) mass is 403 g/mol. The van der Waals surface area contributed by atoms with Gasteiger partial charge >= 0.3 is 5.97 Å². The van der Waals surface area contributed by atoms with Crippen LogP contribution in [0.4, 0.5) is 0 Å². The van der Waals surface area contributed by atoms with Gasteiger partial charge in [-0.3, -0.25) is 4.79 Å². The maximum Gasteiger partial charge on any atom is 0.306 e. The van der Waals surface area contributed by atoms with E-state index in [1.54, 1.807) is 0 Å². The van der Waals surface area contributed by atoms with E-state index in [1.165, 1.54) is 0 Å². The normalized spacial score (nSPS) is 22.0. The van der Waals surface area contributed by atoms with Crippen molar-refractivity contribution < 1.29 is 14.6 Å². The molecule has 0 radical (unpaired) electrons. The van der Waals surface area contributed by atoms with Gasteiger partial charge in [-0.05, 0) is 36.0 Å². The van der Waals surface area contributed by atoms with E-state index in [4.69, 9.17) is 17.0 Å². The fourth-order valence-electron chi connectivity index (χ4n) is 3.08. The van der Waals surface area contributed by atoms with Gasteiger partial charge in [0, 0.05) is 16.5 Å². The molecule has 2 aromatic rings. The number of hydrogen-bond donors (Lipinski definition) is 1. The van der Waals surface area contributed by atoms with Crippen LogP contribution in [0.3, 0.4) is 0 Å². The summed E-state index contributed by atoms with van der Waals surface area (Å²) in [6, 6.07) is 15.2. The van der Waals surface area contributed by atoms with Gasteiger partial charge in [0.2, 0.25) is 0 Å². The van der Waals surface area contributed by atoms with E-state index < -0.39 is 11.5 Å². The van der Waals surface area contributed by atoms with E-state index in [-0.39, 0.29) is 12.5 Å². The number of aliphatic imine (C=N–C) groups is 1. The average Bonchev–Trinajstić information content (AvgIpc) is 2.56. The summed E-state index contributed by atoms with van der Waals surface area (Å²) in [4.78, 5) is 15.8. The van der Waals surface area contributed by atoms with Crippen LogP contribution < -0.4 is 4.74 Å². The van der Waals surface area contributed by atoms with Crippen LogP contribution in [0.15, 0.2) is 58.0 Å². The van der Waals surface area contributed by atoms with Crippen molar-refractivity contribution >= 4 is 39.3 Å². The summed E-state index contributed by atoms with van der Waals surface area (Å²) >= 11 is 8.24. The zero-order valence-corrected chi connectivity index (χ0v) is 15.0. The first-order chi connectivity index (χ1) is 11.5. The minimum absolute atomic E-state index is 0.174. The van der Waals surface area contributed by atoms with Gasteiger partial charge in [0.1, 0.15) is 17.4 Å². The summed E-state index contributed by atoms with van der Waals surface area (Å²) in [7, 11) is 0. The quantitative estimate of drug-likeness (QED) is 0.591. The SMILES string of the molecule is O=C(O)CC1(N=C=S)CC(c2ccccc2)Oc2ccc(Br)cc21. The van der Waals surface area contributed by atoms with E-state index in [9.17, 15) is 9.90 Å². The second-order valence-electron chi connectivity index (χ2n) is 5.67. The summed E-state index contributed by atoms with van der Waals surface area (Å²) in [5, 5.41) is 11.8. The van der Waals surface area contributed by atoms with Crippen molar-refractivity contribution in [1.29, 1.82) is 0 Å². The molecular weight excluding hydrogens is 390 g/mol. The van der Waals surface area contributed by atoms with Crippen molar-refractivity contribution in [1.82, 2.24) is 0 Å². The minimum atomic E-state index is -0.995. The zero-order chi connectivity index (χ0) is 17.2. The second-order valence-corrected chi connectivity index (χ2v) is 6.77. The van der Waals surface area contributed by atoms with Crippen molar-refractivity contribution in [3.8, 4) is 5.75 Å². The lowest BCUT2D eigenvalue weighted by molar-refractivity contribution is -0.138. The molecule has 0 saturated carbocycles. The molecule has 0 fully saturated rings. The molecule has 0 aromatic heterocycles. The predicted molar refractivity (Wildman–Crippen MR) is 97.5 cm³/mol. The number of benzene rings is 2. The van der Waals surface area contributed by atoms with Gasteiger partial charge in [-0.1, -0.05) is 46.3 Å². The number of ether oxygens (including phenoxy) is 1. The first kappa shape index (κ1) is 16.8. The molecule has 1 aliphatic rings. The van der Waals surface area contributed by atoms with Crippen molar-refractivity contribution in [3.05, 3.63) is 64.1 Å². The summed E-state index contributed by atoms with van der Waals surface area (Å²) in [5.41, 5.74) is 0.690. The molecule has 2 aromatic carbocycles. The molecule has 1 aliphatic heterocycles. The second kappa shape index (κ2) is 6.85. The van der Waals surface area contributed by atoms with E-state index in [1.807, 2.05) is 48.5 Å². The fraction of sp³-hybridized carbons (Fsp3) is 0.222. The standard InChI is InChI=1S/C18H14BrNO3S/c19-13-6-7-15-14(8-13)18(20-11-24,10-17(21)22)9-16(23-15)12-4-2-1-3-5-12/h1-8,16H,9-10H2,(H,21,22). The Morgan fingerprint density at radius 1 is 1.38 bits per heavy atom. The third-order valence-corrected chi connectivity index (χ3v) is 4.69. The average molecular weight is 404 g/mol. The Morgan fingerprint density at radius 2 is 2.12 bits per heavy atom. The number of carboxylic acid groups (broad SMARTS) is 1. The molecule has 3 rings (SSSR count). The van der Waals surface area contributed by atoms with Crippen LogP contribution in [-0.4, -0.2) is 16.2 Å². The first-order valence-electron chi connectivity index (χ1n) is 7.36. The number of halogens is 1. The number of aliphatic carboxylic acids is 1. The maximum absolute atomic E-state index is 11.5. The number of carbonyl (C=O) groups is 1. The van der Waals surface area contributed by atoms with E-state index in [2.05, 4.69) is 26.1 Å². The van der Waals surface area contributed by atoms with Gasteiger partial charge in [0.25, 0.3) is 0 Å². The van der Waals surface area contributed by atoms with E-state index >= 15 is 0 Å². The lowest BCUT2D eigenvalue weighted by Crippen LogP contribution is -2.35. The number of isothiocyanates is 1. The molecule has 0 saturated heterocycles. The topological polar surface area (TPSA) is 58.9 Å². The number of thiocarbonyl (C=S) groups is 1. The molecule has 122 valence electrons. The Bertz CT molecular complexity index is 820. The molecule has 0 bridgehead atoms. The molecular formula is C18H14BrNO3S. The van der Waals surface area contributed by atoms with Crippen LogP contribution in [0.2, 0.25) is 0 Å². The Kier molecular flexibility index (Phi) is 4.81. The van der Waals surface area contributed by atoms with Crippen molar-refractivity contribution in [2.45, 2.75) is 24.5 Å². The van der Waals surface area contributed by atoms with Crippen LogP contribution >= 0.6 is 28.1 Å². The Morgan fingerprint density at radius 3 is 2.79 bits per heavy atom. The predicted octanol–water partition coefficient (Wildman–Crippen LogP) is 4.75.